The minimum Gasteiger partial charge on any atom is -0.386 e. The zero-order chi connectivity index (χ0) is 11.0. The van der Waals surface area contributed by atoms with Crippen molar-refractivity contribution in [3.8, 4) is 0 Å². The van der Waals surface area contributed by atoms with Gasteiger partial charge in [-0.2, -0.15) is 0 Å². The van der Waals surface area contributed by atoms with Gasteiger partial charge in [0, 0.05) is 12.7 Å². The van der Waals surface area contributed by atoms with Crippen LogP contribution in [0.15, 0.2) is 36.0 Å². The average molecular weight is 232 g/mol. The summed E-state index contributed by atoms with van der Waals surface area (Å²) in [6.45, 7) is 0.830. The number of nitrogens with zero attached hydrogens (tertiary/aromatic N) is 1. The molecule has 2 heterocycles. The second-order valence-corrected chi connectivity index (χ2v) is 4.82. The molecule has 1 aromatic carbocycles. The molecule has 2 aromatic rings. The summed E-state index contributed by atoms with van der Waals surface area (Å²) < 4.78 is 0. The molecule has 0 saturated carbocycles. The second kappa shape index (κ2) is 3.97. The van der Waals surface area contributed by atoms with Crippen molar-refractivity contribution in [3.63, 3.8) is 0 Å². The van der Waals surface area contributed by atoms with Crippen LogP contribution in [0.4, 0.5) is 0 Å². The first-order chi connectivity index (χ1) is 7.86. The fraction of sp³-hybridized carbons (Fsp3) is 0.250. The van der Waals surface area contributed by atoms with Crippen molar-refractivity contribution in [1.29, 1.82) is 0 Å². The summed E-state index contributed by atoms with van der Waals surface area (Å²) in [5, 5.41) is 13.6. The fourth-order valence-corrected chi connectivity index (χ4v) is 2.79. The molecule has 2 N–H and O–H groups in total. The van der Waals surface area contributed by atoms with Crippen LogP contribution in [0.1, 0.15) is 28.1 Å². The highest BCUT2D eigenvalue weighted by atomic mass is 32.1. The maximum absolute atomic E-state index is 10.3. The van der Waals surface area contributed by atoms with Crippen molar-refractivity contribution in [3.05, 3.63) is 52.0 Å². The number of fused-ring (bicyclic) bond motifs is 1. The molecule has 0 amide bonds. The molecule has 2 unspecified atom stereocenters. The molecular formula is C12H12N2OS. The van der Waals surface area contributed by atoms with Gasteiger partial charge in [-0.25, -0.2) is 0 Å². The van der Waals surface area contributed by atoms with Gasteiger partial charge in [-0.3, -0.25) is 4.98 Å². The Hall–Kier alpha value is -1.23. The molecule has 16 heavy (non-hydrogen) atoms. The first kappa shape index (κ1) is 9.96. The molecule has 1 aromatic heterocycles. The Morgan fingerprint density at radius 3 is 3.12 bits per heavy atom. The second-order valence-electron chi connectivity index (χ2n) is 3.91. The minimum atomic E-state index is -0.504. The Morgan fingerprint density at radius 1 is 1.44 bits per heavy atom. The van der Waals surface area contributed by atoms with Crippen LogP contribution in [0.25, 0.3) is 0 Å². The molecule has 0 radical (unpaired) electrons. The summed E-state index contributed by atoms with van der Waals surface area (Å²) in [6.07, 6.45) is 1.23. The van der Waals surface area contributed by atoms with E-state index in [0.29, 0.717) is 0 Å². The lowest BCUT2D eigenvalue weighted by Gasteiger charge is -2.17. The molecule has 0 aliphatic carbocycles. The third-order valence-electron chi connectivity index (χ3n) is 2.96. The molecule has 3 nitrogen and oxygen atoms in total. The Morgan fingerprint density at radius 2 is 2.31 bits per heavy atom. The van der Waals surface area contributed by atoms with Crippen LogP contribution < -0.4 is 5.32 Å². The molecule has 4 heteroatoms. The first-order valence-electron chi connectivity index (χ1n) is 5.24. The maximum Gasteiger partial charge on any atom is 0.109 e. The van der Waals surface area contributed by atoms with Gasteiger partial charge in [0.05, 0.1) is 16.4 Å². The largest absolute Gasteiger partial charge is 0.386 e. The summed E-state index contributed by atoms with van der Waals surface area (Å²) in [7, 11) is 0. The van der Waals surface area contributed by atoms with Crippen LogP contribution >= 0.6 is 11.3 Å². The predicted octanol–water partition coefficient (Wildman–Crippen LogP) is 2.02. The lowest BCUT2D eigenvalue weighted by Crippen LogP contribution is -2.19. The summed E-state index contributed by atoms with van der Waals surface area (Å²) >= 11 is 1.49. The smallest absolute Gasteiger partial charge is 0.109 e. The highest BCUT2D eigenvalue weighted by molar-refractivity contribution is 7.09. The van der Waals surface area contributed by atoms with Crippen molar-refractivity contribution < 1.29 is 5.11 Å². The van der Waals surface area contributed by atoms with E-state index in [9.17, 15) is 5.11 Å². The molecule has 0 spiro atoms. The van der Waals surface area contributed by atoms with Gasteiger partial charge in [-0.15, -0.1) is 11.3 Å². The Labute approximate surface area is 97.8 Å². The van der Waals surface area contributed by atoms with E-state index in [4.69, 9.17) is 0 Å². The van der Waals surface area contributed by atoms with Crippen LogP contribution in [0.2, 0.25) is 0 Å². The highest BCUT2D eigenvalue weighted by Gasteiger charge is 2.29. The molecule has 0 saturated heterocycles. The number of rotatable bonds is 2. The van der Waals surface area contributed by atoms with Gasteiger partial charge in [0.2, 0.25) is 0 Å². The van der Waals surface area contributed by atoms with Crippen molar-refractivity contribution in [1.82, 2.24) is 10.3 Å². The Kier molecular flexibility index (Phi) is 2.47. The Bertz CT molecular complexity index is 484. The molecule has 2 atom stereocenters. The predicted molar refractivity (Wildman–Crippen MR) is 63.1 cm³/mol. The van der Waals surface area contributed by atoms with E-state index in [-0.39, 0.29) is 6.04 Å². The summed E-state index contributed by atoms with van der Waals surface area (Å²) in [5.41, 5.74) is 4.22. The molecular weight excluding hydrogens is 220 g/mol. The maximum atomic E-state index is 10.3. The highest BCUT2D eigenvalue weighted by Crippen LogP contribution is 2.36. The van der Waals surface area contributed by atoms with Crippen LogP contribution in [-0.4, -0.2) is 10.1 Å². The molecule has 1 aliphatic rings. The van der Waals surface area contributed by atoms with Crippen LogP contribution in [0.5, 0.6) is 0 Å². The number of hydrogen-bond acceptors (Lipinski definition) is 4. The molecule has 3 rings (SSSR count). The van der Waals surface area contributed by atoms with Gasteiger partial charge in [-0.1, -0.05) is 24.3 Å². The quantitative estimate of drug-likeness (QED) is 0.832. The van der Waals surface area contributed by atoms with E-state index in [2.05, 4.69) is 22.4 Å². The van der Waals surface area contributed by atoms with E-state index in [1.54, 1.807) is 11.7 Å². The topological polar surface area (TPSA) is 45.2 Å². The number of aliphatic hydroxyl groups is 1. The SMILES string of the molecule is OC(c1cncs1)C1NCc2ccccc21. The van der Waals surface area contributed by atoms with E-state index in [1.165, 1.54) is 22.5 Å². The third-order valence-corrected chi connectivity index (χ3v) is 3.81. The van der Waals surface area contributed by atoms with Gasteiger partial charge < -0.3 is 10.4 Å². The van der Waals surface area contributed by atoms with Gasteiger partial charge >= 0.3 is 0 Å². The van der Waals surface area contributed by atoms with E-state index in [0.717, 1.165) is 11.4 Å². The number of thiazole rings is 1. The lowest BCUT2D eigenvalue weighted by atomic mass is 10.0. The molecule has 0 fully saturated rings. The van der Waals surface area contributed by atoms with Gasteiger partial charge in [-0.05, 0) is 11.1 Å². The van der Waals surface area contributed by atoms with Gasteiger partial charge in [0.25, 0.3) is 0 Å². The van der Waals surface area contributed by atoms with Crippen LogP contribution in [0, 0.1) is 0 Å². The number of benzene rings is 1. The standard InChI is InChI=1S/C12H12N2OS/c15-12(10-6-13-7-16-10)11-9-4-2-1-3-8(9)5-14-11/h1-4,6-7,11-12,14-15H,5H2. The molecule has 82 valence electrons. The minimum absolute atomic E-state index is 0.00310. The van der Waals surface area contributed by atoms with Crippen molar-refractivity contribution in [2.24, 2.45) is 0 Å². The fourth-order valence-electron chi connectivity index (χ4n) is 2.15. The van der Waals surface area contributed by atoms with Crippen molar-refractivity contribution in [2.45, 2.75) is 18.7 Å². The van der Waals surface area contributed by atoms with Gasteiger partial charge in [0.15, 0.2) is 0 Å². The zero-order valence-electron chi connectivity index (χ0n) is 8.63. The van der Waals surface area contributed by atoms with Crippen molar-refractivity contribution in [2.75, 3.05) is 0 Å². The van der Waals surface area contributed by atoms with E-state index >= 15 is 0 Å². The zero-order valence-corrected chi connectivity index (χ0v) is 9.45. The molecule has 1 aliphatic heterocycles. The van der Waals surface area contributed by atoms with E-state index < -0.39 is 6.10 Å². The Balaban J connectivity index is 1.93. The number of aliphatic hydroxyl groups excluding tert-OH is 1. The van der Waals surface area contributed by atoms with E-state index in [1.807, 2.05) is 12.1 Å². The van der Waals surface area contributed by atoms with Crippen LogP contribution in [0.3, 0.4) is 0 Å². The first-order valence-corrected chi connectivity index (χ1v) is 6.12. The van der Waals surface area contributed by atoms with Gasteiger partial charge in [0.1, 0.15) is 6.10 Å². The lowest BCUT2D eigenvalue weighted by molar-refractivity contribution is 0.137. The normalized spacial score (nSPS) is 20.7. The molecule has 0 bridgehead atoms. The third kappa shape index (κ3) is 1.55. The van der Waals surface area contributed by atoms with Crippen molar-refractivity contribution >= 4 is 11.3 Å². The summed E-state index contributed by atoms with van der Waals surface area (Å²) in [6, 6.07) is 8.21. The summed E-state index contributed by atoms with van der Waals surface area (Å²) in [5.74, 6) is 0. The summed E-state index contributed by atoms with van der Waals surface area (Å²) in [4.78, 5) is 4.91. The van der Waals surface area contributed by atoms with Crippen LogP contribution in [-0.2, 0) is 6.54 Å². The number of nitrogens with one attached hydrogen (secondary N) is 1. The monoisotopic (exact) mass is 232 g/mol. The number of aromatic nitrogens is 1. The average Bonchev–Trinajstić information content (AvgIpc) is 2.98. The number of hydrogen-bond donors (Lipinski definition) is 2.